The molecule has 0 spiro atoms. The van der Waals surface area contributed by atoms with Gasteiger partial charge in [-0.15, -0.1) is 12.4 Å². The highest BCUT2D eigenvalue weighted by Crippen LogP contribution is 2.27. The van der Waals surface area contributed by atoms with Gasteiger partial charge < -0.3 is 16.0 Å². The highest BCUT2D eigenvalue weighted by Gasteiger charge is 2.25. The van der Waals surface area contributed by atoms with Crippen molar-refractivity contribution < 1.29 is 9.59 Å². The van der Waals surface area contributed by atoms with Gasteiger partial charge in [0.2, 0.25) is 11.8 Å². The number of carbonyl (C=O) groups excluding carboxylic acids is 2. The van der Waals surface area contributed by atoms with Gasteiger partial charge in [-0.1, -0.05) is 18.6 Å². The maximum absolute atomic E-state index is 12.0. The van der Waals surface area contributed by atoms with E-state index in [0.717, 1.165) is 49.9 Å². The molecule has 24 heavy (non-hydrogen) atoms. The molecule has 3 rings (SSSR count). The van der Waals surface area contributed by atoms with Crippen LogP contribution in [0.2, 0.25) is 0 Å². The van der Waals surface area contributed by atoms with Crippen LogP contribution in [0.15, 0.2) is 24.3 Å². The average Bonchev–Trinajstić information content (AvgIpc) is 2.96. The van der Waals surface area contributed by atoms with Crippen LogP contribution in [0.4, 0.5) is 5.69 Å². The smallest absolute Gasteiger partial charge is 0.227 e. The number of benzene rings is 1. The van der Waals surface area contributed by atoms with Crippen molar-refractivity contribution in [2.24, 2.45) is 5.92 Å². The minimum atomic E-state index is 0. The van der Waals surface area contributed by atoms with Gasteiger partial charge >= 0.3 is 0 Å². The predicted molar refractivity (Wildman–Crippen MR) is 97.1 cm³/mol. The number of rotatable bonds is 6. The summed E-state index contributed by atoms with van der Waals surface area (Å²) in [5, 5.41) is 9.26. The van der Waals surface area contributed by atoms with E-state index in [1.165, 1.54) is 0 Å². The monoisotopic (exact) mass is 351 g/mol. The van der Waals surface area contributed by atoms with Crippen LogP contribution in [0, 0.1) is 5.92 Å². The summed E-state index contributed by atoms with van der Waals surface area (Å²) in [6.45, 7) is 1.51. The maximum Gasteiger partial charge on any atom is 0.227 e. The molecule has 2 fully saturated rings. The van der Waals surface area contributed by atoms with Gasteiger partial charge in [-0.3, -0.25) is 9.59 Å². The first-order chi connectivity index (χ1) is 11.2. The second-order valence-electron chi connectivity index (χ2n) is 6.59. The van der Waals surface area contributed by atoms with E-state index < -0.39 is 0 Å². The van der Waals surface area contributed by atoms with Crippen molar-refractivity contribution in [1.82, 2.24) is 10.6 Å². The second-order valence-corrected chi connectivity index (χ2v) is 6.59. The summed E-state index contributed by atoms with van der Waals surface area (Å²) in [7, 11) is 0. The number of carbonyl (C=O) groups is 2. The fourth-order valence-electron chi connectivity index (χ4n) is 3.10. The molecule has 1 saturated heterocycles. The van der Waals surface area contributed by atoms with Gasteiger partial charge in [0.05, 0.1) is 0 Å². The van der Waals surface area contributed by atoms with E-state index in [1.54, 1.807) is 0 Å². The number of halogens is 1. The van der Waals surface area contributed by atoms with Crippen molar-refractivity contribution >= 4 is 29.9 Å². The zero-order valence-electron chi connectivity index (χ0n) is 13.8. The first kappa shape index (κ1) is 18.7. The van der Waals surface area contributed by atoms with Crippen molar-refractivity contribution in [1.29, 1.82) is 0 Å². The molecule has 3 N–H and O–H groups in total. The standard InChI is InChI=1S/C18H25N3O2.ClH/c22-17(11-15-8-3-9-19-15)20-12-13-4-1-7-16(10-13)21-18(23)14-5-2-6-14;/h1,4,7,10,14-15,19H,2-3,5-6,8-9,11-12H2,(H,20,22)(H,21,23);1H. The summed E-state index contributed by atoms with van der Waals surface area (Å²) in [6.07, 6.45) is 5.92. The van der Waals surface area contributed by atoms with Crippen LogP contribution in [0.25, 0.3) is 0 Å². The van der Waals surface area contributed by atoms with Gasteiger partial charge in [-0.05, 0) is 49.9 Å². The number of hydrogen-bond acceptors (Lipinski definition) is 3. The lowest BCUT2D eigenvalue weighted by Gasteiger charge is -2.24. The fraction of sp³-hybridized carbons (Fsp3) is 0.556. The predicted octanol–water partition coefficient (Wildman–Crippen LogP) is 2.61. The summed E-state index contributed by atoms with van der Waals surface area (Å²) in [4.78, 5) is 23.9. The van der Waals surface area contributed by atoms with Gasteiger partial charge in [-0.2, -0.15) is 0 Å². The molecule has 1 unspecified atom stereocenters. The quantitative estimate of drug-likeness (QED) is 0.737. The molecule has 1 aliphatic heterocycles. The summed E-state index contributed by atoms with van der Waals surface area (Å²) >= 11 is 0. The Morgan fingerprint density at radius 3 is 2.67 bits per heavy atom. The van der Waals surface area contributed by atoms with E-state index in [0.29, 0.717) is 19.0 Å². The molecule has 1 atom stereocenters. The van der Waals surface area contributed by atoms with E-state index in [4.69, 9.17) is 0 Å². The molecule has 1 aromatic rings. The Labute approximate surface area is 149 Å². The molecule has 2 aliphatic rings. The molecule has 1 saturated carbocycles. The highest BCUT2D eigenvalue weighted by molar-refractivity contribution is 5.93. The maximum atomic E-state index is 12.0. The van der Waals surface area contributed by atoms with E-state index in [-0.39, 0.29) is 30.1 Å². The Balaban J connectivity index is 0.00000208. The number of anilines is 1. The Hall–Kier alpha value is -1.59. The zero-order chi connectivity index (χ0) is 16.1. The van der Waals surface area contributed by atoms with Crippen molar-refractivity contribution in [3.63, 3.8) is 0 Å². The Morgan fingerprint density at radius 1 is 1.17 bits per heavy atom. The SMILES string of the molecule is Cl.O=C(CC1CCCN1)NCc1cccc(NC(=O)C2CCC2)c1. The van der Waals surface area contributed by atoms with Crippen LogP contribution >= 0.6 is 12.4 Å². The Morgan fingerprint density at radius 2 is 2.00 bits per heavy atom. The van der Waals surface area contributed by atoms with Gasteiger partial charge in [0.15, 0.2) is 0 Å². The first-order valence-electron chi connectivity index (χ1n) is 8.60. The van der Waals surface area contributed by atoms with Gasteiger partial charge in [0, 0.05) is 30.6 Å². The molecule has 1 heterocycles. The van der Waals surface area contributed by atoms with Crippen LogP contribution in [-0.2, 0) is 16.1 Å². The summed E-state index contributed by atoms with van der Waals surface area (Å²) in [6, 6.07) is 8.03. The molecule has 5 nitrogen and oxygen atoms in total. The molecular weight excluding hydrogens is 326 g/mol. The van der Waals surface area contributed by atoms with Crippen LogP contribution in [0.1, 0.15) is 44.1 Å². The summed E-state index contributed by atoms with van der Waals surface area (Å²) < 4.78 is 0. The molecule has 1 aliphatic carbocycles. The molecule has 0 bridgehead atoms. The third kappa shape index (κ3) is 5.21. The van der Waals surface area contributed by atoms with Crippen LogP contribution in [0.3, 0.4) is 0 Å². The largest absolute Gasteiger partial charge is 0.352 e. The van der Waals surface area contributed by atoms with E-state index in [9.17, 15) is 9.59 Å². The van der Waals surface area contributed by atoms with Crippen LogP contribution in [-0.4, -0.2) is 24.4 Å². The highest BCUT2D eigenvalue weighted by atomic mass is 35.5. The molecule has 0 radical (unpaired) electrons. The van der Waals surface area contributed by atoms with Crippen molar-refractivity contribution in [3.8, 4) is 0 Å². The van der Waals surface area contributed by atoms with Gasteiger partial charge in [-0.25, -0.2) is 0 Å². The second kappa shape index (κ2) is 9.04. The molecule has 1 aromatic carbocycles. The van der Waals surface area contributed by atoms with Gasteiger partial charge in [0.1, 0.15) is 0 Å². The van der Waals surface area contributed by atoms with Crippen LogP contribution in [0.5, 0.6) is 0 Å². The van der Waals surface area contributed by atoms with E-state index in [2.05, 4.69) is 16.0 Å². The summed E-state index contributed by atoms with van der Waals surface area (Å²) in [5.74, 6) is 0.371. The lowest BCUT2D eigenvalue weighted by atomic mass is 9.85. The molecule has 132 valence electrons. The van der Waals surface area contributed by atoms with Crippen molar-refractivity contribution in [2.45, 2.75) is 51.1 Å². The third-order valence-corrected chi connectivity index (χ3v) is 4.75. The number of hydrogen-bond donors (Lipinski definition) is 3. The lowest BCUT2D eigenvalue weighted by Crippen LogP contribution is -2.31. The van der Waals surface area contributed by atoms with Crippen LogP contribution < -0.4 is 16.0 Å². The molecule has 6 heteroatoms. The number of nitrogens with one attached hydrogen (secondary N) is 3. The Bertz CT molecular complexity index is 569. The number of amides is 2. The fourth-order valence-corrected chi connectivity index (χ4v) is 3.10. The Kier molecular flexibility index (Phi) is 7.06. The van der Waals surface area contributed by atoms with E-state index >= 15 is 0 Å². The van der Waals surface area contributed by atoms with Gasteiger partial charge in [0.25, 0.3) is 0 Å². The minimum absolute atomic E-state index is 0. The molecule has 0 aromatic heterocycles. The topological polar surface area (TPSA) is 70.2 Å². The normalized spacial score (nSPS) is 19.9. The third-order valence-electron chi connectivity index (χ3n) is 4.75. The minimum Gasteiger partial charge on any atom is -0.352 e. The molecule has 2 amide bonds. The lowest BCUT2D eigenvalue weighted by molar-refractivity contribution is -0.122. The first-order valence-corrected chi connectivity index (χ1v) is 8.60. The van der Waals surface area contributed by atoms with Crippen molar-refractivity contribution in [2.75, 3.05) is 11.9 Å². The van der Waals surface area contributed by atoms with Crippen molar-refractivity contribution in [3.05, 3.63) is 29.8 Å². The molecular formula is C18H26ClN3O2. The zero-order valence-corrected chi connectivity index (χ0v) is 14.7. The summed E-state index contributed by atoms with van der Waals surface area (Å²) in [5.41, 5.74) is 1.82. The van der Waals surface area contributed by atoms with E-state index in [1.807, 2.05) is 24.3 Å². The average molecular weight is 352 g/mol.